The maximum absolute atomic E-state index is 13.5. The SMILES string of the molecule is Cn1nccc1-c1cc(C(F)(F)F)ccc1[C@H]1CCOc2cc(S(=O)(=O)Cc3ncccn3)ccc21. The molecule has 2 aromatic carbocycles. The van der Waals surface area contributed by atoms with Crippen LogP contribution in [0.4, 0.5) is 13.2 Å². The zero-order valence-corrected chi connectivity index (χ0v) is 19.9. The molecule has 1 aliphatic heterocycles. The van der Waals surface area contributed by atoms with Crippen LogP contribution in [0.25, 0.3) is 11.3 Å². The molecule has 0 aliphatic carbocycles. The molecule has 1 atom stereocenters. The number of nitrogens with zero attached hydrogens (tertiary/aromatic N) is 4. The predicted octanol–water partition coefficient (Wildman–Crippen LogP) is 4.78. The van der Waals surface area contributed by atoms with E-state index in [2.05, 4.69) is 15.1 Å². The molecule has 0 saturated carbocycles. The monoisotopic (exact) mass is 514 g/mol. The summed E-state index contributed by atoms with van der Waals surface area (Å²) in [5.41, 5.74) is 1.61. The first-order chi connectivity index (χ1) is 17.1. The van der Waals surface area contributed by atoms with Crippen molar-refractivity contribution in [2.24, 2.45) is 7.05 Å². The fourth-order valence-electron chi connectivity index (χ4n) is 4.44. The number of rotatable bonds is 5. The first kappa shape index (κ1) is 24.0. The molecule has 7 nitrogen and oxygen atoms in total. The molecular weight excluding hydrogens is 493 g/mol. The van der Waals surface area contributed by atoms with Crippen LogP contribution in [-0.4, -0.2) is 34.8 Å². The molecule has 2 aromatic heterocycles. The van der Waals surface area contributed by atoms with E-state index in [9.17, 15) is 21.6 Å². The average molecular weight is 515 g/mol. The third-order valence-electron chi connectivity index (χ3n) is 6.17. The van der Waals surface area contributed by atoms with E-state index < -0.39 is 21.6 Å². The molecule has 1 aliphatic rings. The van der Waals surface area contributed by atoms with E-state index in [1.807, 2.05) is 0 Å². The van der Waals surface area contributed by atoms with Gasteiger partial charge in [0, 0.05) is 42.7 Å². The van der Waals surface area contributed by atoms with Crippen LogP contribution in [0.1, 0.15) is 34.9 Å². The van der Waals surface area contributed by atoms with E-state index in [-0.39, 0.29) is 29.0 Å². The highest BCUT2D eigenvalue weighted by molar-refractivity contribution is 7.90. The first-order valence-electron chi connectivity index (χ1n) is 11.1. The Kier molecular flexibility index (Phi) is 6.03. The number of sulfone groups is 1. The van der Waals surface area contributed by atoms with Crippen molar-refractivity contribution in [3.05, 3.63) is 89.6 Å². The Morgan fingerprint density at radius 2 is 1.78 bits per heavy atom. The minimum absolute atomic E-state index is 0.0635. The highest BCUT2D eigenvalue weighted by atomic mass is 32.2. The van der Waals surface area contributed by atoms with Gasteiger partial charge in [-0.3, -0.25) is 4.68 Å². The summed E-state index contributed by atoms with van der Waals surface area (Å²) < 4.78 is 73.8. The van der Waals surface area contributed by atoms with Crippen molar-refractivity contribution in [3.8, 4) is 17.0 Å². The van der Waals surface area contributed by atoms with Crippen LogP contribution in [-0.2, 0) is 28.8 Å². The normalized spacial score (nSPS) is 15.8. The number of hydrogen-bond acceptors (Lipinski definition) is 6. The number of ether oxygens (including phenoxy) is 1. The van der Waals surface area contributed by atoms with Gasteiger partial charge in [-0.25, -0.2) is 18.4 Å². The third kappa shape index (κ3) is 4.58. The van der Waals surface area contributed by atoms with Crippen molar-refractivity contribution < 1.29 is 26.3 Å². The zero-order chi connectivity index (χ0) is 25.5. The molecule has 36 heavy (non-hydrogen) atoms. The topological polar surface area (TPSA) is 87.0 Å². The van der Waals surface area contributed by atoms with Crippen LogP contribution in [0.2, 0.25) is 0 Å². The summed E-state index contributed by atoms with van der Waals surface area (Å²) >= 11 is 0. The van der Waals surface area contributed by atoms with E-state index in [0.29, 0.717) is 34.6 Å². The van der Waals surface area contributed by atoms with Crippen LogP contribution in [0.15, 0.2) is 72.0 Å². The van der Waals surface area contributed by atoms with Gasteiger partial charge in [0.05, 0.1) is 22.8 Å². The van der Waals surface area contributed by atoms with Gasteiger partial charge in [-0.15, -0.1) is 0 Å². The minimum atomic E-state index is -4.49. The Morgan fingerprint density at radius 1 is 1.03 bits per heavy atom. The largest absolute Gasteiger partial charge is 0.493 e. The van der Waals surface area contributed by atoms with Crippen LogP contribution >= 0.6 is 0 Å². The molecular formula is C25H21F3N4O3S. The fraction of sp³-hybridized carbons (Fsp3) is 0.240. The molecule has 0 unspecified atom stereocenters. The second-order valence-corrected chi connectivity index (χ2v) is 10.4. The highest BCUT2D eigenvalue weighted by Crippen LogP contribution is 2.44. The summed E-state index contributed by atoms with van der Waals surface area (Å²) in [4.78, 5) is 8.03. The Bertz CT molecular complexity index is 1520. The number of hydrogen-bond donors (Lipinski definition) is 0. The van der Waals surface area contributed by atoms with E-state index >= 15 is 0 Å². The molecule has 186 valence electrons. The molecule has 0 bridgehead atoms. The third-order valence-corrected chi connectivity index (χ3v) is 7.79. The predicted molar refractivity (Wildman–Crippen MR) is 125 cm³/mol. The number of halogens is 3. The summed E-state index contributed by atoms with van der Waals surface area (Å²) in [6.45, 7) is 0.287. The summed E-state index contributed by atoms with van der Waals surface area (Å²) in [7, 11) is -2.07. The van der Waals surface area contributed by atoms with Crippen molar-refractivity contribution >= 4 is 9.84 Å². The molecule has 11 heteroatoms. The quantitative estimate of drug-likeness (QED) is 0.381. The highest BCUT2D eigenvalue weighted by Gasteiger charge is 2.33. The van der Waals surface area contributed by atoms with Crippen molar-refractivity contribution in [1.29, 1.82) is 0 Å². The fourth-order valence-corrected chi connectivity index (χ4v) is 5.66. The Balaban J connectivity index is 1.56. The summed E-state index contributed by atoms with van der Waals surface area (Å²) in [6, 6.07) is 11.6. The Labute approximate surface area is 205 Å². The lowest BCUT2D eigenvalue weighted by Crippen LogP contribution is -2.18. The zero-order valence-electron chi connectivity index (χ0n) is 19.1. The number of aryl methyl sites for hydroxylation is 1. The Hall–Kier alpha value is -3.73. The molecule has 0 amide bonds. The van der Waals surface area contributed by atoms with Crippen molar-refractivity contribution in [2.75, 3.05) is 6.61 Å². The van der Waals surface area contributed by atoms with Gasteiger partial charge < -0.3 is 4.74 Å². The lowest BCUT2D eigenvalue weighted by atomic mass is 9.83. The first-order valence-corrected chi connectivity index (χ1v) is 12.7. The number of benzene rings is 2. The molecule has 0 saturated heterocycles. The maximum Gasteiger partial charge on any atom is 0.416 e. The van der Waals surface area contributed by atoms with E-state index in [0.717, 1.165) is 12.1 Å². The van der Waals surface area contributed by atoms with E-state index in [1.54, 1.807) is 25.2 Å². The minimum Gasteiger partial charge on any atom is -0.493 e. The van der Waals surface area contributed by atoms with Crippen molar-refractivity contribution in [3.63, 3.8) is 0 Å². The van der Waals surface area contributed by atoms with Gasteiger partial charge in [-0.1, -0.05) is 12.1 Å². The van der Waals surface area contributed by atoms with Gasteiger partial charge in [0.1, 0.15) is 17.3 Å². The number of aromatic nitrogens is 4. The van der Waals surface area contributed by atoms with Gasteiger partial charge in [0.25, 0.3) is 0 Å². The van der Waals surface area contributed by atoms with Gasteiger partial charge >= 0.3 is 6.18 Å². The second-order valence-electron chi connectivity index (χ2n) is 8.45. The van der Waals surface area contributed by atoms with Crippen LogP contribution < -0.4 is 4.74 Å². The average Bonchev–Trinajstić information content (AvgIpc) is 3.28. The van der Waals surface area contributed by atoms with Crippen LogP contribution in [0.5, 0.6) is 5.75 Å². The van der Waals surface area contributed by atoms with E-state index in [4.69, 9.17) is 4.74 Å². The molecule has 4 aromatic rings. The molecule has 0 radical (unpaired) electrons. The molecule has 0 fully saturated rings. The summed E-state index contributed by atoms with van der Waals surface area (Å²) in [6.07, 6.45) is 0.508. The van der Waals surface area contributed by atoms with Crippen molar-refractivity contribution in [1.82, 2.24) is 19.7 Å². The molecule has 5 rings (SSSR count). The molecule has 0 N–H and O–H groups in total. The summed E-state index contributed by atoms with van der Waals surface area (Å²) in [5.74, 6) is -0.0912. The lowest BCUT2D eigenvalue weighted by Gasteiger charge is -2.28. The second kappa shape index (κ2) is 9.05. The van der Waals surface area contributed by atoms with Crippen molar-refractivity contribution in [2.45, 2.75) is 29.2 Å². The molecule has 3 heterocycles. The van der Waals surface area contributed by atoms with Gasteiger partial charge in [0.15, 0.2) is 9.84 Å². The van der Waals surface area contributed by atoms with Crippen LogP contribution in [0.3, 0.4) is 0 Å². The van der Waals surface area contributed by atoms with Gasteiger partial charge in [-0.05, 0) is 48.4 Å². The van der Waals surface area contributed by atoms with Crippen LogP contribution in [0, 0.1) is 0 Å². The standard InChI is InChI=1S/C25H21F3N4O3S/c1-32-22(7-11-31-32)21-13-16(25(26,27)28)3-5-18(21)19-8-12-35-23-14-17(4-6-20(19)23)36(33,34)15-24-29-9-2-10-30-24/h2-7,9-11,13-14,19H,8,12,15H2,1H3/t19-/m1/s1. The van der Waals surface area contributed by atoms with Gasteiger partial charge in [0.2, 0.25) is 0 Å². The molecule has 0 spiro atoms. The number of alkyl halides is 3. The van der Waals surface area contributed by atoms with Gasteiger partial charge in [-0.2, -0.15) is 18.3 Å². The number of fused-ring (bicyclic) bond motifs is 1. The smallest absolute Gasteiger partial charge is 0.416 e. The lowest BCUT2D eigenvalue weighted by molar-refractivity contribution is -0.137. The van der Waals surface area contributed by atoms with E-state index in [1.165, 1.54) is 41.5 Å². The maximum atomic E-state index is 13.5. The Morgan fingerprint density at radius 3 is 2.47 bits per heavy atom. The summed E-state index contributed by atoms with van der Waals surface area (Å²) in [5, 5.41) is 4.12.